The van der Waals surface area contributed by atoms with Crippen LogP contribution in [0.4, 0.5) is 0 Å². The van der Waals surface area contributed by atoms with Crippen molar-refractivity contribution in [3.8, 4) is 5.69 Å². The smallest absolute Gasteiger partial charge is 0.152 e. The van der Waals surface area contributed by atoms with E-state index in [0.717, 1.165) is 30.5 Å². The fourth-order valence-corrected chi connectivity index (χ4v) is 2.60. The first-order valence-electron chi connectivity index (χ1n) is 5.93. The molecule has 1 aliphatic carbocycles. The van der Waals surface area contributed by atoms with E-state index in [-0.39, 0.29) is 0 Å². The van der Waals surface area contributed by atoms with Gasteiger partial charge in [-0.25, -0.2) is 4.68 Å². The maximum Gasteiger partial charge on any atom is 0.152 e. The van der Waals surface area contributed by atoms with Gasteiger partial charge in [0.1, 0.15) is 0 Å². The van der Waals surface area contributed by atoms with Crippen LogP contribution in [0.5, 0.6) is 0 Å². The Labute approximate surface area is 100 Å². The van der Waals surface area contributed by atoms with Crippen LogP contribution in [0.15, 0.2) is 24.3 Å². The quantitative estimate of drug-likeness (QED) is 0.737. The van der Waals surface area contributed by atoms with E-state index in [1.165, 1.54) is 17.7 Å². The lowest BCUT2D eigenvalue weighted by atomic mass is 10.2. The van der Waals surface area contributed by atoms with Crippen molar-refractivity contribution in [2.75, 3.05) is 0 Å². The molecule has 0 bridgehead atoms. The van der Waals surface area contributed by atoms with E-state index in [1.807, 2.05) is 35.9 Å². The molecule has 3 nitrogen and oxygen atoms in total. The van der Waals surface area contributed by atoms with Crippen molar-refractivity contribution < 1.29 is 4.79 Å². The molecule has 0 aliphatic heterocycles. The van der Waals surface area contributed by atoms with Crippen LogP contribution in [0.3, 0.4) is 0 Å². The maximum absolute atomic E-state index is 11.1. The average Bonchev–Trinajstić information content (AvgIpc) is 2.94. The lowest BCUT2D eigenvalue weighted by Gasteiger charge is -2.07. The summed E-state index contributed by atoms with van der Waals surface area (Å²) < 4.78 is 1.95. The summed E-state index contributed by atoms with van der Waals surface area (Å²) in [4.78, 5) is 11.1. The number of hydrogen-bond donors (Lipinski definition) is 0. The molecule has 0 radical (unpaired) electrons. The second-order valence-electron chi connectivity index (χ2n) is 4.45. The van der Waals surface area contributed by atoms with Gasteiger partial charge in [0.25, 0.3) is 0 Å². The van der Waals surface area contributed by atoms with Gasteiger partial charge in [0.2, 0.25) is 0 Å². The third kappa shape index (κ3) is 1.50. The number of rotatable bonds is 2. The number of aryl methyl sites for hydroxylation is 1. The minimum Gasteiger partial charge on any atom is -0.298 e. The van der Waals surface area contributed by atoms with Gasteiger partial charge in [0, 0.05) is 11.3 Å². The van der Waals surface area contributed by atoms with E-state index in [9.17, 15) is 4.79 Å². The first-order chi connectivity index (χ1) is 8.31. The molecule has 0 fully saturated rings. The van der Waals surface area contributed by atoms with E-state index in [0.29, 0.717) is 5.56 Å². The molecule has 1 aliphatic rings. The van der Waals surface area contributed by atoms with Crippen molar-refractivity contribution >= 4 is 6.29 Å². The fourth-order valence-electron chi connectivity index (χ4n) is 2.60. The number of carbonyl (C=O) groups excluding carboxylic acids is 1. The van der Waals surface area contributed by atoms with Gasteiger partial charge in [-0.1, -0.05) is 12.1 Å². The zero-order valence-corrected chi connectivity index (χ0v) is 9.81. The largest absolute Gasteiger partial charge is 0.298 e. The molecule has 0 saturated heterocycles. The van der Waals surface area contributed by atoms with E-state index in [1.54, 1.807) is 0 Å². The SMILES string of the molecule is Cc1nn(-c2ccccc2C=O)c2c1CCC2. The zero-order chi connectivity index (χ0) is 11.8. The molecular formula is C14H14N2O. The number of carbonyl (C=O) groups is 1. The molecule has 0 amide bonds. The highest BCUT2D eigenvalue weighted by molar-refractivity contribution is 5.80. The molecule has 86 valence electrons. The summed E-state index contributed by atoms with van der Waals surface area (Å²) in [6.07, 6.45) is 4.26. The van der Waals surface area contributed by atoms with Crippen LogP contribution in [0.2, 0.25) is 0 Å². The molecule has 0 saturated carbocycles. The zero-order valence-electron chi connectivity index (χ0n) is 9.81. The standard InChI is InChI=1S/C14H14N2O/c1-10-12-6-4-8-14(12)16(15-10)13-7-3-2-5-11(13)9-17/h2-3,5,7,9H,4,6,8H2,1H3. The predicted octanol–water partition coefficient (Wildman–Crippen LogP) is 2.48. The summed E-state index contributed by atoms with van der Waals surface area (Å²) in [6, 6.07) is 7.61. The number of para-hydroxylation sites is 1. The van der Waals surface area contributed by atoms with Gasteiger partial charge in [-0.3, -0.25) is 4.79 Å². The molecule has 2 aromatic rings. The Balaban J connectivity index is 2.22. The Hall–Kier alpha value is -1.90. The fraction of sp³-hybridized carbons (Fsp3) is 0.286. The maximum atomic E-state index is 11.1. The van der Waals surface area contributed by atoms with Gasteiger partial charge < -0.3 is 0 Å². The number of aldehydes is 1. The molecule has 3 heteroatoms. The first kappa shape index (κ1) is 10.3. The number of fused-ring (bicyclic) bond motifs is 1. The van der Waals surface area contributed by atoms with E-state index >= 15 is 0 Å². The Morgan fingerprint density at radius 2 is 2.12 bits per heavy atom. The van der Waals surface area contributed by atoms with Crippen molar-refractivity contribution in [3.63, 3.8) is 0 Å². The summed E-state index contributed by atoms with van der Waals surface area (Å²) in [5, 5.41) is 4.57. The lowest BCUT2D eigenvalue weighted by Crippen LogP contribution is -2.04. The molecule has 1 heterocycles. The number of aromatic nitrogens is 2. The Kier molecular flexibility index (Phi) is 2.32. The Morgan fingerprint density at radius 3 is 2.94 bits per heavy atom. The first-order valence-corrected chi connectivity index (χ1v) is 5.93. The van der Waals surface area contributed by atoms with E-state index < -0.39 is 0 Å². The number of hydrogen-bond acceptors (Lipinski definition) is 2. The summed E-state index contributed by atoms with van der Waals surface area (Å²) in [6.45, 7) is 2.05. The molecule has 0 unspecified atom stereocenters. The van der Waals surface area contributed by atoms with E-state index in [4.69, 9.17) is 0 Å². The highest BCUT2D eigenvalue weighted by Crippen LogP contribution is 2.27. The third-order valence-corrected chi connectivity index (χ3v) is 3.42. The molecule has 0 N–H and O–H groups in total. The Morgan fingerprint density at radius 1 is 1.29 bits per heavy atom. The summed E-state index contributed by atoms with van der Waals surface area (Å²) in [7, 11) is 0. The normalized spacial score (nSPS) is 13.7. The molecule has 17 heavy (non-hydrogen) atoms. The van der Waals surface area contributed by atoms with Gasteiger partial charge in [0.15, 0.2) is 6.29 Å². The topological polar surface area (TPSA) is 34.9 Å². The minimum atomic E-state index is 0.699. The average molecular weight is 226 g/mol. The van der Waals surface area contributed by atoms with Crippen LogP contribution < -0.4 is 0 Å². The molecule has 3 rings (SSSR count). The molecule has 1 aromatic carbocycles. The van der Waals surface area contributed by atoms with Crippen LogP contribution in [-0.2, 0) is 12.8 Å². The van der Waals surface area contributed by atoms with Crippen molar-refractivity contribution in [3.05, 3.63) is 46.8 Å². The van der Waals surface area contributed by atoms with Crippen LogP contribution >= 0.6 is 0 Å². The Bertz CT molecular complexity index is 584. The summed E-state index contributed by atoms with van der Waals surface area (Å²) in [5.74, 6) is 0. The van der Waals surface area contributed by atoms with Gasteiger partial charge >= 0.3 is 0 Å². The molecular weight excluding hydrogens is 212 g/mol. The van der Waals surface area contributed by atoms with Gasteiger partial charge in [-0.05, 0) is 43.9 Å². The highest BCUT2D eigenvalue weighted by atomic mass is 16.1. The van der Waals surface area contributed by atoms with Crippen molar-refractivity contribution in [1.29, 1.82) is 0 Å². The van der Waals surface area contributed by atoms with Crippen LogP contribution in [0.25, 0.3) is 5.69 Å². The third-order valence-electron chi connectivity index (χ3n) is 3.42. The predicted molar refractivity (Wildman–Crippen MR) is 65.7 cm³/mol. The molecule has 0 spiro atoms. The summed E-state index contributed by atoms with van der Waals surface area (Å²) >= 11 is 0. The van der Waals surface area contributed by atoms with Crippen molar-refractivity contribution in [1.82, 2.24) is 9.78 Å². The second kappa shape index (κ2) is 3.84. The lowest BCUT2D eigenvalue weighted by molar-refractivity contribution is 0.112. The number of nitrogens with zero attached hydrogens (tertiary/aromatic N) is 2. The summed E-state index contributed by atoms with van der Waals surface area (Å²) in [5.41, 5.74) is 5.33. The highest BCUT2D eigenvalue weighted by Gasteiger charge is 2.21. The van der Waals surface area contributed by atoms with Crippen LogP contribution in [-0.4, -0.2) is 16.1 Å². The van der Waals surface area contributed by atoms with Crippen LogP contribution in [0, 0.1) is 6.92 Å². The van der Waals surface area contributed by atoms with Crippen molar-refractivity contribution in [2.45, 2.75) is 26.2 Å². The van der Waals surface area contributed by atoms with Gasteiger partial charge in [0.05, 0.1) is 11.4 Å². The number of benzene rings is 1. The van der Waals surface area contributed by atoms with Gasteiger partial charge in [-0.15, -0.1) is 0 Å². The molecule has 1 aromatic heterocycles. The minimum absolute atomic E-state index is 0.699. The molecule has 0 atom stereocenters. The van der Waals surface area contributed by atoms with Gasteiger partial charge in [-0.2, -0.15) is 5.10 Å². The second-order valence-corrected chi connectivity index (χ2v) is 4.45. The van der Waals surface area contributed by atoms with Crippen molar-refractivity contribution in [2.24, 2.45) is 0 Å². The van der Waals surface area contributed by atoms with Crippen LogP contribution in [0.1, 0.15) is 33.7 Å². The monoisotopic (exact) mass is 226 g/mol. The van der Waals surface area contributed by atoms with E-state index in [2.05, 4.69) is 5.10 Å².